The van der Waals surface area contributed by atoms with Crippen LogP contribution in [-0.4, -0.2) is 18.4 Å². The van der Waals surface area contributed by atoms with Gasteiger partial charge < -0.3 is 10.1 Å². The van der Waals surface area contributed by atoms with Crippen molar-refractivity contribution in [2.24, 2.45) is 5.92 Å². The third-order valence-electron chi connectivity index (χ3n) is 1.39. The van der Waals surface area contributed by atoms with Crippen LogP contribution in [0.4, 0.5) is 0 Å². The van der Waals surface area contributed by atoms with Gasteiger partial charge in [-0.25, -0.2) is 0 Å². The molecule has 0 rings (SSSR count). The van der Waals surface area contributed by atoms with Crippen molar-refractivity contribution < 1.29 is 4.79 Å². The number of carbonyl (C=O) groups excluding carboxylic acids is 1. The van der Waals surface area contributed by atoms with Gasteiger partial charge in [0, 0.05) is 6.04 Å². The highest BCUT2D eigenvalue weighted by Crippen LogP contribution is 1.98. The third kappa shape index (κ3) is 3.62. The van der Waals surface area contributed by atoms with Crippen LogP contribution in [0.3, 0.4) is 0 Å². The SMILES string of the molecule is CC(C)N[C@H](C=O)C(C)C. The molecule has 0 aliphatic carbocycles. The lowest BCUT2D eigenvalue weighted by molar-refractivity contribution is -0.110. The van der Waals surface area contributed by atoms with E-state index in [1.807, 2.05) is 27.7 Å². The summed E-state index contributed by atoms with van der Waals surface area (Å²) in [6, 6.07) is 0.401. The Labute approximate surface area is 63.0 Å². The van der Waals surface area contributed by atoms with Crippen molar-refractivity contribution in [3.63, 3.8) is 0 Å². The summed E-state index contributed by atoms with van der Waals surface area (Å²) in [7, 11) is 0. The predicted molar refractivity (Wildman–Crippen MR) is 43.0 cm³/mol. The van der Waals surface area contributed by atoms with Crippen molar-refractivity contribution in [3.05, 3.63) is 0 Å². The number of nitrogens with one attached hydrogen (secondary N) is 1. The number of hydrogen-bond donors (Lipinski definition) is 1. The smallest absolute Gasteiger partial charge is 0.137 e. The number of carbonyl (C=O) groups is 1. The molecule has 0 radical (unpaired) electrons. The van der Waals surface area contributed by atoms with Gasteiger partial charge >= 0.3 is 0 Å². The topological polar surface area (TPSA) is 29.1 Å². The quantitative estimate of drug-likeness (QED) is 0.599. The Hall–Kier alpha value is -0.370. The Morgan fingerprint density at radius 3 is 1.80 bits per heavy atom. The van der Waals surface area contributed by atoms with Gasteiger partial charge in [-0.2, -0.15) is 0 Å². The molecule has 0 aliphatic heterocycles. The highest BCUT2D eigenvalue weighted by molar-refractivity contribution is 5.57. The lowest BCUT2D eigenvalue weighted by atomic mass is 10.1. The minimum Gasteiger partial charge on any atom is -0.305 e. The van der Waals surface area contributed by atoms with Gasteiger partial charge in [0.25, 0.3) is 0 Å². The minimum absolute atomic E-state index is 0.0139. The van der Waals surface area contributed by atoms with E-state index in [0.29, 0.717) is 12.0 Å². The molecule has 1 N–H and O–H groups in total. The second kappa shape index (κ2) is 4.45. The van der Waals surface area contributed by atoms with Gasteiger partial charge in [0.2, 0.25) is 0 Å². The average molecular weight is 143 g/mol. The second-order valence-corrected chi connectivity index (χ2v) is 3.23. The predicted octanol–water partition coefficient (Wildman–Crippen LogP) is 1.21. The van der Waals surface area contributed by atoms with Gasteiger partial charge in [0.1, 0.15) is 6.29 Å². The summed E-state index contributed by atoms with van der Waals surface area (Å²) < 4.78 is 0. The van der Waals surface area contributed by atoms with E-state index in [0.717, 1.165) is 6.29 Å². The van der Waals surface area contributed by atoms with E-state index in [-0.39, 0.29) is 6.04 Å². The van der Waals surface area contributed by atoms with Gasteiger partial charge in [-0.05, 0) is 5.92 Å². The molecule has 2 heteroatoms. The molecule has 0 saturated heterocycles. The van der Waals surface area contributed by atoms with Crippen molar-refractivity contribution in [1.29, 1.82) is 0 Å². The van der Waals surface area contributed by atoms with Crippen LogP contribution in [0.15, 0.2) is 0 Å². The zero-order valence-corrected chi connectivity index (χ0v) is 7.22. The molecule has 0 saturated carbocycles. The van der Waals surface area contributed by atoms with Crippen LogP contribution >= 0.6 is 0 Å². The molecule has 0 heterocycles. The largest absolute Gasteiger partial charge is 0.305 e. The van der Waals surface area contributed by atoms with Crippen LogP contribution < -0.4 is 5.32 Å². The summed E-state index contributed by atoms with van der Waals surface area (Å²) in [5.74, 6) is 0.389. The number of aldehydes is 1. The van der Waals surface area contributed by atoms with E-state index in [1.54, 1.807) is 0 Å². The Kier molecular flexibility index (Phi) is 4.28. The van der Waals surface area contributed by atoms with E-state index in [2.05, 4.69) is 5.32 Å². The first-order valence-electron chi connectivity index (χ1n) is 3.79. The van der Waals surface area contributed by atoms with Crippen LogP contribution in [0, 0.1) is 5.92 Å². The molecule has 0 bridgehead atoms. The molecule has 0 amide bonds. The second-order valence-electron chi connectivity index (χ2n) is 3.23. The molecule has 0 fully saturated rings. The summed E-state index contributed by atoms with van der Waals surface area (Å²) in [5.41, 5.74) is 0. The van der Waals surface area contributed by atoms with Crippen molar-refractivity contribution in [2.45, 2.75) is 39.8 Å². The lowest BCUT2D eigenvalue weighted by Crippen LogP contribution is -2.39. The fourth-order valence-electron chi connectivity index (χ4n) is 0.774. The molecule has 10 heavy (non-hydrogen) atoms. The summed E-state index contributed by atoms with van der Waals surface area (Å²) in [6.45, 7) is 8.15. The molecule has 0 aromatic rings. The normalized spacial score (nSPS) is 14.2. The molecule has 0 aromatic carbocycles. The molecule has 0 aliphatic rings. The molecule has 1 atom stereocenters. The number of rotatable bonds is 4. The van der Waals surface area contributed by atoms with Gasteiger partial charge in [0.05, 0.1) is 6.04 Å². The molecule has 0 aromatic heterocycles. The van der Waals surface area contributed by atoms with Crippen molar-refractivity contribution in [1.82, 2.24) is 5.32 Å². The molecule has 2 nitrogen and oxygen atoms in total. The van der Waals surface area contributed by atoms with Gasteiger partial charge in [-0.15, -0.1) is 0 Å². The first-order chi connectivity index (χ1) is 4.57. The monoisotopic (exact) mass is 143 g/mol. The summed E-state index contributed by atoms with van der Waals surface area (Å²) >= 11 is 0. The van der Waals surface area contributed by atoms with Crippen LogP contribution in [0.1, 0.15) is 27.7 Å². The van der Waals surface area contributed by atoms with Crippen molar-refractivity contribution >= 4 is 6.29 Å². The van der Waals surface area contributed by atoms with Crippen molar-refractivity contribution in [2.75, 3.05) is 0 Å². The maximum Gasteiger partial charge on any atom is 0.137 e. The standard InChI is InChI=1S/C8H17NO/c1-6(2)8(5-10)9-7(3)4/h5-9H,1-4H3/t8-/m1/s1. The van der Waals surface area contributed by atoms with E-state index in [4.69, 9.17) is 0 Å². The van der Waals surface area contributed by atoms with E-state index in [1.165, 1.54) is 0 Å². The Balaban J connectivity index is 3.71. The first-order valence-corrected chi connectivity index (χ1v) is 3.79. The Bertz CT molecular complexity index is 99.4. The van der Waals surface area contributed by atoms with Gasteiger partial charge in [-0.3, -0.25) is 0 Å². The van der Waals surface area contributed by atoms with Crippen LogP contribution in [0.25, 0.3) is 0 Å². The summed E-state index contributed by atoms with van der Waals surface area (Å²) in [4.78, 5) is 10.4. The van der Waals surface area contributed by atoms with E-state index >= 15 is 0 Å². The zero-order chi connectivity index (χ0) is 8.15. The van der Waals surface area contributed by atoms with E-state index in [9.17, 15) is 4.79 Å². The fourth-order valence-corrected chi connectivity index (χ4v) is 0.774. The average Bonchev–Trinajstić information content (AvgIpc) is 1.81. The fraction of sp³-hybridized carbons (Fsp3) is 0.875. The van der Waals surface area contributed by atoms with Gasteiger partial charge in [0.15, 0.2) is 0 Å². The number of hydrogen-bond acceptors (Lipinski definition) is 2. The molecular formula is C8H17NO. The van der Waals surface area contributed by atoms with Gasteiger partial charge in [-0.1, -0.05) is 27.7 Å². The molecule has 0 unspecified atom stereocenters. The third-order valence-corrected chi connectivity index (χ3v) is 1.39. The Morgan fingerprint density at radius 2 is 1.70 bits per heavy atom. The molecule has 60 valence electrons. The Morgan fingerprint density at radius 1 is 1.20 bits per heavy atom. The van der Waals surface area contributed by atoms with Crippen LogP contribution in [-0.2, 0) is 4.79 Å². The summed E-state index contributed by atoms with van der Waals surface area (Å²) in [6.07, 6.45) is 0.977. The lowest BCUT2D eigenvalue weighted by Gasteiger charge is -2.18. The van der Waals surface area contributed by atoms with E-state index < -0.39 is 0 Å². The first kappa shape index (κ1) is 9.63. The highest BCUT2D eigenvalue weighted by Gasteiger charge is 2.11. The van der Waals surface area contributed by atoms with Crippen LogP contribution in [0.5, 0.6) is 0 Å². The molecule has 0 spiro atoms. The summed E-state index contributed by atoms with van der Waals surface area (Å²) in [5, 5.41) is 3.16. The van der Waals surface area contributed by atoms with Crippen molar-refractivity contribution in [3.8, 4) is 0 Å². The highest BCUT2D eigenvalue weighted by atomic mass is 16.1. The zero-order valence-electron chi connectivity index (χ0n) is 7.22. The molecular weight excluding hydrogens is 126 g/mol. The minimum atomic E-state index is 0.0139. The van der Waals surface area contributed by atoms with Crippen LogP contribution in [0.2, 0.25) is 0 Å². The maximum absolute atomic E-state index is 10.4. The maximum atomic E-state index is 10.4.